The first kappa shape index (κ1) is 19.0. The van der Waals surface area contributed by atoms with E-state index in [0.29, 0.717) is 19.8 Å². The molecule has 0 saturated carbocycles. The van der Waals surface area contributed by atoms with Crippen LogP contribution in [0.4, 0.5) is 0 Å². The smallest absolute Gasteiger partial charge is 0.376 e. The number of allylic oxidation sites excluding steroid dienone is 1. The Bertz CT molecular complexity index is 175. The average Bonchev–Trinajstić information content (AvgIpc) is 2.28. The summed E-state index contributed by atoms with van der Waals surface area (Å²) in [4.78, 5) is 0. The van der Waals surface area contributed by atoms with Gasteiger partial charge in [-0.25, -0.2) is 0 Å². The minimum absolute atomic E-state index is 0.677. The summed E-state index contributed by atoms with van der Waals surface area (Å²) < 4.78 is 15.7. The standard InChI is InChI=1S/C7H12.C6H16O3Si/c1-4-5-6-7(2)3;1-4-7-10(8-5-2)9-6-3/h5,7H,1,6H2,2-3H3;10H,4-6H2,1-3H3. The van der Waals surface area contributed by atoms with Crippen LogP contribution in [0, 0.1) is 5.92 Å². The monoisotopic (exact) mass is 260 g/mol. The Hall–Kier alpha value is -0.383. The third-order valence-corrected chi connectivity index (χ3v) is 3.46. The summed E-state index contributed by atoms with van der Waals surface area (Å²) in [6.07, 6.45) is 3.06. The molecule has 0 fully saturated rings. The summed E-state index contributed by atoms with van der Waals surface area (Å²) in [5.41, 5.74) is 2.72. The molecule has 0 aromatic carbocycles. The Labute approximate surface area is 108 Å². The first-order valence-electron chi connectivity index (χ1n) is 6.31. The van der Waals surface area contributed by atoms with Gasteiger partial charge in [-0.2, -0.15) is 0 Å². The van der Waals surface area contributed by atoms with Crippen molar-refractivity contribution in [2.24, 2.45) is 5.92 Å². The molecule has 0 unspecified atom stereocenters. The van der Waals surface area contributed by atoms with Gasteiger partial charge >= 0.3 is 9.53 Å². The van der Waals surface area contributed by atoms with E-state index in [2.05, 4.69) is 26.2 Å². The molecular formula is C13H28O3Si. The molecule has 0 bridgehead atoms. The largest absolute Gasteiger partial charge is 0.484 e. The van der Waals surface area contributed by atoms with Crippen LogP contribution in [0.1, 0.15) is 41.0 Å². The van der Waals surface area contributed by atoms with Gasteiger partial charge < -0.3 is 13.3 Å². The van der Waals surface area contributed by atoms with Crippen molar-refractivity contribution in [2.75, 3.05) is 19.8 Å². The highest BCUT2D eigenvalue weighted by molar-refractivity contribution is 6.36. The molecule has 0 amide bonds. The van der Waals surface area contributed by atoms with Crippen LogP contribution in [0.15, 0.2) is 18.4 Å². The maximum atomic E-state index is 5.22. The summed E-state index contributed by atoms with van der Waals surface area (Å²) in [6, 6.07) is 0. The fourth-order valence-electron chi connectivity index (χ4n) is 0.872. The summed E-state index contributed by atoms with van der Waals surface area (Å²) in [5, 5.41) is 0. The van der Waals surface area contributed by atoms with E-state index in [1.54, 1.807) is 0 Å². The first-order chi connectivity index (χ1) is 8.12. The highest BCUT2D eigenvalue weighted by atomic mass is 28.3. The molecule has 3 nitrogen and oxygen atoms in total. The zero-order valence-corrected chi connectivity index (χ0v) is 13.1. The van der Waals surface area contributed by atoms with Gasteiger partial charge in [0.2, 0.25) is 0 Å². The molecular weight excluding hydrogens is 232 g/mol. The summed E-state index contributed by atoms with van der Waals surface area (Å²) >= 11 is 0. The molecule has 0 rings (SSSR count). The van der Waals surface area contributed by atoms with E-state index in [-0.39, 0.29) is 0 Å². The van der Waals surface area contributed by atoms with Crippen molar-refractivity contribution in [2.45, 2.75) is 41.0 Å². The second-order valence-corrected chi connectivity index (χ2v) is 5.27. The predicted molar refractivity (Wildman–Crippen MR) is 75.2 cm³/mol. The third-order valence-electron chi connectivity index (χ3n) is 1.64. The van der Waals surface area contributed by atoms with Gasteiger partial charge in [-0.3, -0.25) is 0 Å². The van der Waals surface area contributed by atoms with Crippen LogP contribution in [0.25, 0.3) is 0 Å². The summed E-state index contributed by atoms with van der Waals surface area (Å²) in [5.74, 6) is 0.745. The maximum absolute atomic E-state index is 5.22. The van der Waals surface area contributed by atoms with Crippen molar-refractivity contribution < 1.29 is 13.3 Å². The van der Waals surface area contributed by atoms with Gasteiger partial charge in [0.05, 0.1) is 0 Å². The number of hydrogen-bond acceptors (Lipinski definition) is 3. The minimum atomic E-state index is -1.73. The van der Waals surface area contributed by atoms with E-state index >= 15 is 0 Å². The lowest BCUT2D eigenvalue weighted by atomic mass is 10.1. The van der Waals surface area contributed by atoms with Gasteiger partial charge in [0.1, 0.15) is 0 Å². The molecule has 0 heterocycles. The van der Waals surface area contributed by atoms with Crippen molar-refractivity contribution >= 4 is 9.53 Å². The quantitative estimate of drug-likeness (QED) is 0.495. The van der Waals surface area contributed by atoms with Crippen molar-refractivity contribution in [3.63, 3.8) is 0 Å². The fourth-order valence-corrected chi connectivity index (χ4v) is 1.98. The molecule has 0 N–H and O–H groups in total. The van der Waals surface area contributed by atoms with E-state index in [1.165, 1.54) is 0 Å². The Balaban J connectivity index is 0. The van der Waals surface area contributed by atoms with Crippen LogP contribution in [0.5, 0.6) is 0 Å². The molecule has 0 aromatic heterocycles. The molecule has 4 heteroatoms. The summed E-state index contributed by atoms with van der Waals surface area (Å²) in [7, 11) is -1.73. The van der Waals surface area contributed by atoms with Crippen LogP contribution in [0.3, 0.4) is 0 Å². The Morgan fingerprint density at radius 1 is 1.06 bits per heavy atom. The molecule has 0 aliphatic heterocycles. The molecule has 102 valence electrons. The topological polar surface area (TPSA) is 27.7 Å². The average molecular weight is 260 g/mol. The van der Waals surface area contributed by atoms with Gasteiger partial charge in [0, 0.05) is 19.8 Å². The van der Waals surface area contributed by atoms with Gasteiger partial charge in [0.15, 0.2) is 0 Å². The molecule has 0 atom stereocenters. The van der Waals surface area contributed by atoms with E-state index < -0.39 is 9.53 Å². The van der Waals surface area contributed by atoms with E-state index in [1.807, 2.05) is 26.8 Å². The second-order valence-electron chi connectivity index (χ2n) is 3.69. The first-order valence-corrected chi connectivity index (χ1v) is 7.72. The Kier molecular flexibility index (Phi) is 17.4. The Morgan fingerprint density at radius 2 is 1.47 bits per heavy atom. The molecule has 0 spiro atoms. The van der Waals surface area contributed by atoms with Crippen LogP contribution >= 0.6 is 0 Å². The van der Waals surface area contributed by atoms with Crippen molar-refractivity contribution in [3.8, 4) is 0 Å². The van der Waals surface area contributed by atoms with Crippen molar-refractivity contribution in [3.05, 3.63) is 18.4 Å². The lowest BCUT2D eigenvalue weighted by Gasteiger charge is -2.12. The third kappa shape index (κ3) is 18.2. The van der Waals surface area contributed by atoms with Crippen LogP contribution in [-0.4, -0.2) is 29.3 Å². The number of rotatable bonds is 8. The molecule has 0 radical (unpaired) electrons. The highest BCUT2D eigenvalue weighted by Crippen LogP contribution is 1.97. The van der Waals surface area contributed by atoms with E-state index in [0.717, 1.165) is 12.3 Å². The van der Waals surface area contributed by atoms with Gasteiger partial charge in [0.25, 0.3) is 0 Å². The van der Waals surface area contributed by atoms with Gasteiger partial charge in [-0.15, -0.1) is 5.73 Å². The van der Waals surface area contributed by atoms with E-state index in [9.17, 15) is 0 Å². The lowest BCUT2D eigenvalue weighted by molar-refractivity contribution is 0.107. The molecule has 0 aromatic rings. The zero-order valence-electron chi connectivity index (χ0n) is 12.0. The van der Waals surface area contributed by atoms with Crippen molar-refractivity contribution in [1.82, 2.24) is 0 Å². The second kappa shape index (κ2) is 15.6. The lowest BCUT2D eigenvalue weighted by Crippen LogP contribution is -2.27. The SMILES string of the molecule is C=C=CCC(C)C.CCO[SiH](OCC)OCC. The van der Waals surface area contributed by atoms with Crippen LogP contribution in [0.2, 0.25) is 0 Å². The normalized spacial score (nSPS) is 9.82. The predicted octanol–water partition coefficient (Wildman–Crippen LogP) is 3.19. The van der Waals surface area contributed by atoms with Crippen LogP contribution in [-0.2, 0) is 13.3 Å². The molecule has 17 heavy (non-hydrogen) atoms. The number of hydrogen-bond donors (Lipinski definition) is 0. The van der Waals surface area contributed by atoms with Gasteiger partial charge in [-0.05, 0) is 39.2 Å². The maximum Gasteiger partial charge on any atom is 0.484 e. The molecule has 0 aliphatic carbocycles. The van der Waals surface area contributed by atoms with Crippen molar-refractivity contribution in [1.29, 1.82) is 0 Å². The highest BCUT2D eigenvalue weighted by Gasteiger charge is 2.11. The fraction of sp³-hybridized carbons (Fsp3) is 0.769. The van der Waals surface area contributed by atoms with E-state index in [4.69, 9.17) is 13.3 Å². The molecule has 0 saturated heterocycles. The van der Waals surface area contributed by atoms with Gasteiger partial charge in [-0.1, -0.05) is 20.4 Å². The zero-order chi connectivity index (χ0) is 13.5. The molecule has 0 aliphatic rings. The minimum Gasteiger partial charge on any atom is -0.376 e. The Morgan fingerprint density at radius 3 is 1.65 bits per heavy atom. The summed E-state index contributed by atoms with van der Waals surface area (Å²) in [6.45, 7) is 15.7. The van der Waals surface area contributed by atoms with Crippen LogP contribution < -0.4 is 0 Å².